The first-order chi connectivity index (χ1) is 17.6. The molecule has 182 valence electrons. The molecule has 0 aliphatic carbocycles. The minimum atomic E-state index is -0.247. The van der Waals surface area contributed by atoms with Crippen molar-refractivity contribution in [3.63, 3.8) is 0 Å². The summed E-state index contributed by atoms with van der Waals surface area (Å²) in [5, 5.41) is 9.50. The van der Waals surface area contributed by atoms with Gasteiger partial charge in [-0.1, -0.05) is 12.1 Å². The Morgan fingerprint density at radius 2 is 1.75 bits per heavy atom. The molecule has 1 saturated heterocycles. The highest BCUT2D eigenvalue weighted by Crippen LogP contribution is 2.27. The molecule has 2 N–H and O–H groups in total. The number of aromatic nitrogens is 4. The van der Waals surface area contributed by atoms with Crippen LogP contribution in [-0.2, 0) is 4.79 Å². The summed E-state index contributed by atoms with van der Waals surface area (Å²) in [5.41, 5.74) is 3.79. The Bertz CT molecular complexity index is 1380. The highest BCUT2D eigenvalue weighted by atomic mass is 16.5. The number of H-pyrrole nitrogens is 1. The average Bonchev–Trinajstić information content (AvgIpc) is 2.94. The zero-order valence-corrected chi connectivity index (χ0v) is 19.8. The maximum Gasteiger partial charge on any atom is 0.264 e. The minimum Gasteiger partial charge on any atom is -0.497 e. The number of piperidine rings is 1. The molecule has 1 aliphatic heterocycles. The van der Waals surface area contributed by atoms with Crippen LogP contribution < -0.4 is 20.5 Å². The molecular formula is C27H26N6O3. The second kappa shape index (κ2) is 10.4. The Balaban J connectivity index is 1.24. The van der Waals surface area contributed by atoms with E-state index in [2.05, 4.69) is 30.4 Å². The van der Waals surface area contributed by atoms with E-state index in [0.717, 1.165) is 47.8 Å². The molecule has 0 spiro atoms. The van der Waals surface area contributed by atoms with Crippen molar-refractivity contribution in [3.05, 3.63) is 83.4 Å². The molecule has 1 unspecified atom stereocenters. The third kappa shape index (κ3) is 5.25. The fourth-order valence-electron chi connectivity index (χ4n) is 4.31. The number of carbonyl (C=O) groups excluding carboxylic acids is 1. The predicted molar refractivity (Wildman–Crippen MR) is 138 cm³/mol. The first kappa shape index (κ1) is 23.2. The summed E-state index contributed by atoms with van der Waals surface area (Å²) in [4.78, 5) is 35.3. The summed E-state index contributed by atoms with van der Waals surface area (Å²) in [7, 11) is 1.64. The molecule has 0 radical (unpaired) electrons. The summed E-state index contributed by atoms with van der Waals surface area (Å²) in [6.45, 7) is 1.42. The summed E-state index contributed by atoms with van der Waals surface area (Å²) in [6, 6.07) is 20.2. The van der Waals surface area contributed by atoms with Gasteiger partial charge in [-0.2, -0.15) is 5.10 Å². The molecule has 36 heavy (non-hydrogen) atoms. The van der Waals surface area contributed by atoms with Crippen molar-refractivity contribution in [2.24, 2.45) is 5.92 Å². The second-order valence-electron chi connectivity index (χ2n) is 8.65. The number of carbonyl (C=O) groups is 1. The summed E-state index contributed by atoms with van der Waals surface area (Å²) in [6.07, 6.45) is 3.28. The van der Waals surface area contributed by atoms with Crippen LogP contribution in [0.15, 0.2) is 77.9 Å². The number of benzene rings is 2. The molecule has 1 atom stereocenters. The first-order valence-corrected chi connectivity index (χ1v) is 11.8. The minimum absolute atomic E-state index is 0.0148. The number of anilines is 2. The van der Waals surface area contributed by atoms with Gasteiger partial charge in [-0.25, -0.2) is 15.1 Å². The molecule has 2 aromatic heterocycles. The number of ether oxygens (including phenoxy) is 1. The van der Waals surface area contributed by atoms with Crippen LogP contribution in [0.1, 0.15) is 12.8 Å². The zero-order chi connectivity index (χ0) is 24.9. The van der Waals surface area contributed by atoms with Crippen molar-refractivity contribution in [1.29, 1.82) is 0 Å². The maximum atomic E-state index is 13.1. The average molecular weight is 483 g/mol. The van der Waals surface area contributed by atoms with Crippen LogP contribution in [0, 0.1) is 5.92 Å². The lowest BCUT2D eigenvalue weighted by Gasteiger charge is -2.33. The number of aromatic amines is 1. The van der Waals surface area contributed by atoms with E-state index in [9.17, 15) is 9.59 Å². The summed E-state index contributed by atoms with van der Waals surface area (Å²) >= 11 is 0. The standard InChI is InChI=1S/C27H26N6O3/c1-36-22-10-6-19(7-11-22)24-15-25(29-17-28-24)33-14-2-3-20(16-33)27(35)30-21-8-4-18(5-9-21)23-12-13-26(34)32-31-23/h4-13,15,17,20H,2-3,14,16H2,1H3,(H,30,35)(H,32,34). The molecule has 4 aromatic rings. The molecule has 1 aliphatic rings. The lowest BCUT2D eigenvalue weighted by atomic mass is 9.97. The van der Waals surface area contributed by atoms with Crippen molar-refractivity contribution in [1.82, 2.24) is 20.2 Å². The van der Waals surface area contributed by atoms with Crippen LogP contribution in [0.5, 0.6) is 5.75 Å². The predicted octanol–water partition coefficient (Wildman–Crippen LogP) is 3.76. The molecule has 5 rings (SSSR count). The Morgan fingerprint density at radius 1 is 1.00 bits per heavy atom. The number of amides is 1. The highest BCUT2D eigenvalue weighted by molar-refractivity contribution is 5.93. The topological polar surface area (TPSA) is 113 Å². The lowest BCUT2D eigenvalue weighted by molar-refractivity contribution is -0.120. The van der Waals surface area contributed by atoms with Crippen molar-refractivity contribution in [2.75, 3.05) is 30.4 Å². The Morgan fingerprint density at radius 3 is 2.47 bits per heavy atom. The molecule has 0 bridgehead atoms. The van der Waals surface area contributed by atoms with Gasteiger partial charge >= 0.3 is 0 Å². The maximum absolute atomic E-state index is 13.1. The van der Waals surface area contributed by atoms with Crippen molar-refractivity contribution in [3.8, 4) is 28.3 Å². The third-order valence-electron chi connectivity index (χ3n) is 6.28. The molecule has 1 fully saturated rings. The van der Waals surface area contributed by atoms with Gasteiger partial charge in [0.2, 0.25) is 5.91 Å². The van der Waals surface area contributed by atoms with Gasteiger partial charge in [-0.3, -0.25) is 9.59 Å². The highest BCUT2D eigenvalue weighted by Gasteiger charge is 2.27. The monoisotopic (exact) mass is 482 g/mol. The molecule has 3 heterocycles. The molecule has 9 heteroatoms. The third-order valence-corrected chi connectivity index (χ3v) is 6.28. The van der Waals surface area contributed by atoms with Gasteiger partial charge in [0.1, 0.15) is 17.9 Å². The molecule has 2 aromatic carbocycles. The van der Waals surface area contributed by atoms with Crippen LogP contribution >= 0.6 is 0 Å². The van der Waals surface area contributed by atoms with E-state index in [4.69, 9.17) is 4.74 Å². The Hall–Kier alpha value is -4.53. The fourth-order valence-corrected chi connectivity index (χ4v) is 4.31. The van der Waals surface area contributed by atoms with Crippen LogP contribution in [0.2, 0.25) is 0 Å². The smallest absolute Gasteiger partial charge is 0.264 e. The van der Waals surface area contributed by atoms with Gasteiger partial charge in [0, 0.05) is 42.0 Å². The second-order valence-corrected chi connectivity index (χ2v) is 8.65. The fraction of sp³-hybridized carbons (Fsp3) is 0.222. The van der Waals surface area contributed by atoms with Crippen LogP contribution in [0.3, 0.4) is 0 Å². The van der Waals surface area contributed by atoms with E-state index in [1.807, 2.05) is 54.6 Å². The Labute approximate surface area is 208 Å². The van der Waals surface area contributed by atoms with E-state index in [0.29, 0.717) is 17.9 Å². The molecule has 0 saturated carbocycles. The number of hydrogen-bond acceptors (Lipinski definition) is 7. The number of nitrogens with one attached hydrogen (secondary N) is 2. The normalized spacial score (nSPS) is 15.4. The van der Waals surface area contributed by atoms with E-state index in [1.54, 1.807) is 19.5 Å². The quantitative estimate of drug-likeness (QED) is 0.430. The van der Waals surface area contributed by atoms with Gasteiger partial charge in [0.15, 0.2) is 0 Å². The number of nitrogens with zero attached hydrogens (tertiary/aromatic N) is 4. The molecule has 1 amide bonds. The van der Waals surface area contributed by atoms with Gasteiger partial charge < -0.3 is 15.0 Å². The number of hydrogen-bond donors (Lipinski definition) is 2. The lowest BCUT2D eigenvalue weighted by Crippen LogP contribution is -2.41. The van der Waals surface area contributed by atoms with Crippen LogP contribution in [0.25, 0.3) is 22.5 Å². The van der Waals surface area contributed by atoms with Crippen molar-refractivity contribution in [2.45, 2.75) is 12.8 Å². The van der Waals surface area contributed by atoms with E-state index < -0.39 is 0 Å². The van der Waals surface area contributed by atoms with Gasteiger partial charge in [-0.05, 0) is 55.3 Å². The summed E-state index contributed by atoms with van der Waals surface area (Å²) < 4.78 is 5.24. The molecular weight excluding hydrogens is 456 g/mol. The van der Waals surface area contributed by atoms with Crippen LogP contribution in [-0.4, -0.2) is 46.3 Å². The van der Waals surface area contributed by atoms with E-state index >= 15 is 0 Å². The van der Waals surface area contributed by atoms with Gasteiger partial charge in [0.05, 0.1) is 24.4 Å². The molecule has 9 nitrogen and oxygen atoms in total. The van der Waals surface area contributed by atoms with Gasteiger partial charge in [0.25, 0.3) is 5.56 Å². The van der Waals surface area contributed by atoms with Crippen LogP contribution in [0.4, 0.5) is 11.5 Å². The number of methoxy groups -OCH3 is 1. The number of rotatable bonds is 6. The Kier molecular flexibility index (Phi) is 6.70. The van der Waals surface area contributed by atoms with Gasteiger partial charge in [-0.15, -0.1) is 0 Å². The zero-order valence-electron chi connectivity index (χ0n) is 19.8. The van der Waals surface area contributed by atoms with E-state index in [-0.39, 0.29) is 17.4 Å². The van der Waals surface area contributed by atoms with E-state index in [1.165, 1.54) is 6.07 Å². The SMILES string of the molecule is COc1ccc(-c2cc(N3CCCC(C(=O)Nc4ccc(-c5ccc(=O)[nH]n5)cc4)C3)ncn2)cc1. The van der Waals surface area contributed by atoms with Crippen molar-refractivity contribution >= 4 is 17.4 Å². The largest absolute Gasteiger partial charge is 0.497 e. The first-order valence-electron chi connectivity index (χ1n) is 11.8. The van der Waals surface area contributed by atoms with Crippen molar-refractivity contribution < 1.29 is 9.53 Å². The summed E-state index contributed by atoms with van der Waals surface area (Å²) in [5.74, 6) is 1.43.